The minimum atomic E-state index is -4.47. The fourth-order valence-corrected chi connectivity index (χ4v) is 3.18. The van der Waals surface area contributed by atoms with E-state index >= 15 is 0 Å². The van der Waals surface area contributed by atoms with Crippen molar-refractivity contribution in [1.82, 2.24) is 24.9 Å². The lowest BCUT2D eigenvalue weighted by Gasteiger charge is -2.12. The fraction of sp³-hybridized carbons (Fsp3) is 0.611. The Bertz CT molecular complexity index is 932. The Labute approximate surface area is 170 Å². The van der Waals surface area contributed by atoms with E-state index in [2.05, 4.69) is 15.5 Å². The number of hydrogen-bond donors (Lipinski definition) is 1. The van der Waals surface area contributed by atoms with E-state index < -0.39 is 22.7 Å². The fourth-order valence-electron chi connectivity index (χ4n) is 3.18. The van der Waals surface area contributed by atoms with Crippen LogP contribution in [0.3, 0.4) is 0 Å². The van der Waals surface area contributed by atoms with Gasteiger partial charge in [-0.05, 0) is 37.2 Å². The molecule has 1 saturated carbocycles. The molecule has 1 N–H and O–H groups in total. The van der Waals surface area contributed by atoms with Crippen LogP contribution in [-0.4, -0.2) is 36.9 Å². The van der Waals surface area contributed by atoms with Gasteiger partial charge in [-0.25, -0.2) is 0 Å². The number of nitrogens with one attached hydrogen (secondary N) is 1. The van der Waals surface area contributed by atoms with E-state index in [1.807, 2.05) is 0 Å². The first-order chi connectivity index (χ1) is 14.1. The van der Waals surface area contributed by atoms with Gasteiger partial charge in [-0.1, -0.05) is 6.92 Å². The van der Waals surface area contributed by atoms with Crippen LogP contribution in [0.5, 0.6) is 0 Å². The highest BCUT2D eigenvalue weighted by atomic mass is 19.4. The van der Waals surface area contributed by atoms with Gasteiger partial charge in [0.15, 0.2) is 5.69 Å². The van der Waals surface area contributed by atoms with E-state index in [0.29, 0.717) is 17.8 Å². The van der Waals surface area contributed by atoms with Gasteiger partial charge >= 0.3 is 12.0 Å². The molecule has 1 fully saturated rings. The third-order valence-corrected chi connectivity index (χ3v) is 4.99. The van der Waals surface area contributed by atoms with E-state index in [4.69, 9.17) is 0 Å². The molecule has 1 atom stereocenters. The average molecular weight is 428 g/mol. The van der Waals surface area contributed by atoms with Crippen LogP contribution in [0.1, 0.15) is 49.2 Å². The predicted octanol–water partition coefficient (Wildman–Crippen LogP) is 3.04. The van der Waals surface area contributed by atoms with Crippen molar-refractivity contribution < 1.29 is 22.9 Å². The van der Waals surface area contributed by atoms with Crippen molar-refractivity contribution in [2.75, 3.05) is 6.54 Å². The molecule has 0 aromatic carbocycles. The topological polar surface area (TPSA) is 108 Å². The van der Waals surface area contributed by atoms with Gasteiger partial charge in [-0.2, -0.15) is 23.0 Å². The molecule has 0 bridgehead atoms. The summed E-state index contributed by atoms with van der Waals surface area (Å²) >= 11 is 0. The maximum Gasteiger partial charge on any atom is 0.435 e. The van der Waals surface area contributed by atoms with Crippen LogP contribution in [0.2, 0.25) is 0 Å². The molecule has 1 amide bonds. The Morgan fingerprint density at radius 1 is 1.33 bits per heavy atom. The molecule has 30 heavy (non-hydrogen) atoms. The minimum absolute atomic E-state index is 0.129. The molecule has 2 heterocycles. The lowest BCUT2D eigenvalue weighted by atomic mass is 10.1. The van der Waals surface area contributed by atoms with Crippen LogP contribution in [0.25, 0.3) is 0 Å². The normalized spacial score (nSPS) is 15.2. The average Bonchev–Trinajstić information content (AvgIpc) is 3.30. The number of amides is 1. The van der Waals surface area contributed by atoms with Crippen molar-refractivity contribution >= 4 is 11.7 Å². The maximum absolute atomic E-state index is 12.9. The third-order valence-electron chi connectivity index (χ3n) is 4.99. The summed E-state index contributed by atoms with van der Waals surface area (Å²) in [6.07, 6.45) is -2.31. The molecule has 2 aromatic rings. The highest BCUT2D eigenvalue weighted by molar-refractivity contribution is 5.78. The van der Waals surface area contributed by atoms with Crippen molar-refractivity contribution in [3.63, 3.8) is 0 Å². The number of alkyl halides is 3. The minimum Gasteiger partial charge on any atom is -0.358 e. The molecule has 3 rings (SSSR count). The third kappa shape index (κ3) is 5.16. The molecule has 12 heteroatoms. The Morgan fingerprint density at radius 3 is 2.60 bits per heavy atom. The number of nitrogens with zero attached hydrogens (tertiary/aromatic N) is 5. The number of rotatable bonds is 9. The lowest BCUT2D eigenvalue weighted by molar-refractivity contribution is -0.389. The number of carbonyl (C=O) groups excluding carboxylic acids is 1. The molecule has 2 aromatic heterocycles. The summed E-state index contributed by atoms with van der Waals surface area (Å²) in [6.45, 7) is 4.09. The highest BCUT2D eigenvalue weighted by Crippen LogP contribution is 2.42. The SMILES string of the molecule is Cc1cc([N+](=O)[O-])nn1CC(C)C(=O)NCCCn1nc(C(F)(F)F)cc1C1CC1. The number of aromatic nitrogens is 4. The van der Waals surface area contributed by atoms with E-state index in [-0.39, 0.29) is 37.3 Å². The molecular formula is C18H23F3N6O3. The summed E-state index contributed by atoms with van der Waals surface area (Å²) in [5.41, 5.74) is 0.289. The van der Waals surface area contributed by atoms with Crippen LogP contribution in [0.15, 0.2) is 12.1 Å². The second kappa shape index (κ2) is 8.44. The van der Waals surface area contributed by atoms with Gasteiger partial charge in [0.25, 0.3) is 0 Å². The van der Waals surface area contributed by atoms with Crippen LogP contribution in [0, 0.1) is 23.0 Å². The van der Waals surface area contributed by atoms with E-state index in [1.54, 1.807) is 13.8 Å². The summed E-state index contributed by atoms with van der Waals surface area (Å²) in [5, 5.41) is 21.1. The molecule has 0 saturated heterocycles. The Kier molecular flexibility index (Phi) is 6.13. The number of carbonyl (C=O) groups is 1. The summed E-state index contributed by atoms with van der Waals surface area (Å²) in [4.78, 5) is 22.5. The van der Waals surface area contributed by atoms with Crippen molar-refractivity contribution in [2.24, 2.45) is 5.92 Å². The van der Waals surface area contributed by atoms with Gasteiger partial charge in [-0.15, -0.1) is 0 Å². The quantitative estimate of drug-likeness (QED) is 0.375. The lowest BCUT2D eigenvalue weighted by Crippen LogP contribution is -2.33. The number of halogens is 3. The van der Waals surface area contributed by atoms with Crippen molar-refractivity contribution in [3.05, 3.63) is 39.3 Å². The molecule has 1 aliphatic rings. The van der Waals surface area contributed by atoms with Crippen LogP contribution in [-0.2, 0) is 24.1 Å². The second-order valence-corrected chi connectivity index (χ2v) is 7.58. The van der Waals surface area contributed by atoms with Crippen molar-refractivity contribution in [1.29, 1.82) is 0 Å². The van der Waals surface area contributed by atoms with Crippen LogP contribution in [0.4, 0.5) is 19.0 Å². The van der Waals surface area contributed by atoms with Gasteiger partial charge in [0, 0.05) is 24.7 Å². The van der Waals surface area contributed by atoms with E-state index in [9.17, 15) is 28.1 Å². The highest BCUT2D eigenvalue weighted by Gasteiger charge is 2.37. The number of aryl methyl sites for hydroxylation is 2. The molecule has 1 unspecified atom stereocenters. The zero-order chi connectivity index (χ0) is 22.1. The van der Waals surface area contributed by atoms with Gasteiger partial charge in [-0.3, -0.25) is 9.48 Å². The van der Waals surface area contributed by atoms with Crippen molar-refractivity contribution in [3.8, 4) is 0 Å². The van der Waals surface area contributed by atoms with Crippen molar-refractivity contribution in [2.45, 2.75) is 58.3 Å². The Hall–Kier alpha value is -2.92. The monoisotopic (exact) mass is 428 g/mol. The largest absolute Gasteiger partial charge is 0.435 e. The molecule has 0 spiro atoms. The van der Waals surface area contributed by atoms with Gasteiger partial charge in [0.2, 0.25) is 5.91 Å². The smallest absolute Gasteiger partial charge is 0.358 e. The first-order valence-electron chi connectivity index (χ1n) is 9.67. The molecular weight excluding hydrogens is 405 g/mol. The molecule has 1 aliphatic carbocycles. The van der Waals surface area contributed by atoms with Gasteiger partial charge in [0.05, 0.1) is 29.3 Å². The van der Waals surface area contributed by atoms with Gasteiger partial charge in [0.1, 0.15) is 0 Å². The zero-order valence-corrected chi connectivity index (χ0v) is 16.6. The Balaban J connectivity index is 1.49. The first kappa shape index (κ1) is 21.8. The molecule has 164 valence electrons. The van der Waals surface area contributed by atoms with E-state index in [1.165, 1.54) is 15.4 Å². The first-order valence-corrected chi connectivity index (χ1v) is 9.67. The van der Waals surface area contributed by atoms with Gasteiger partial charge < -0.3 is 15.4 Å². The van der Waals surface area contributed by atoms with E-state index in [0.717, 1.165) is 18.9 Å². The van der Waals surface area contributed by atoms with Crippen LogP contribution >= 0.6 is 0 Å². The molecule has 0 aliphatic heterocycles. The summed E-state index contributed by atoms with van der Waals surface area (Å²) < 4.78 is 41.6. The summed E-state index contributed by atoms with van der Waals surface area (Å²) in [6, 6.07) is 2.45. The van der Waals surface area contributed by atoms with Crippen LogP contribution < -0.4 is 5.32 Å². The predicted molar refractivity (Wildman–Crippen MR) is 99.6 cm³/mol. The second-order valence-electron chi connectivity index (χ2n) is 7.58. The standard InChI is InChI=1S/C18H23F3N6O3/c1-11(10-26-12(2)8-16(24-26)27(29)30)17(28)22-6-3-7-25-14(13-4-5-13)9-15(23-25)18(19,20)21/h8-9,11,13H,3-7,10H2,1-2H3,(H,22,28). The Morgan fingerprint density at radius 2 is 2.03 bits per heavy atom. The zero-order valence-electron chi connectivity index (χ0n) is 16.6. The maximum atomic E-state index is 12.9. The number of hydrogen-bond acceptors (Lipinski definition) is 5. The summed E-state index contributed by atoms with van der Waals surface area (Å²) in [5.74, 6) is -0.883. The molecule has 0 radical (unpaired) electrons. The summed E-state index contributed by atoms with van der Waals surface area (Å²) in [7, 11) is 0. The molecule has 9 nitrogen and oxygen atoms in total. The number of nitro groups is 1.